The Morgan fingerprint density at radius 2 is 1.71 bits per heavy atom. The molecule has 0 aliphatic rings. The molecule has 0 saturated heterocycles. The van der Waals surface area contributed by atoms with E-state index in [-0.39, 0.29) is 27.7 Å². The summed E-state index contributed by atoms with van der Waals surface area (Å²) in [5, 5.41) is 46.3. The molecule has 0 aliphatic heterocycles. The van der Waals surface area contributed by atoms with E-state index in [4.69, 9.17) is 0 Å². The molecule has 0 radical (unpaired) electrons. The Morgan fingerprint density at radius 3 is 2.37 bits per heavy atom. The average Bonchev–Trinajstić information content (AvgIpc) is 3.16. The Labute approximate surface area is 204 Å². The molecule has 184 valence electrons. The van der Waals surface area contributed by atoms with Crippen molar-refractivity contribution in [2.45, 2.75) is 19.4 Å². The van der Waals surface area contributed by atoms with Crippen LogP contribution in [0.1, 0.15) is 31.3 Å². The lowest BCUT2D eigenvalue weighted by Gasteiger charge is -2.15. The first-order valence-electron chi connectivity index (χ1n) is 10.5. The summed E-state index contributed by atoms with van der Waals surface area (Å²) in [6.45, 7) is 1.70. The number of carbonyl (C=O) groups is 3. The number of aliphatic carboxylic acids is 1. The lowest BCUT2D eigenvalue weighted by Crippen LogP contribution is -2.48. The number of hydrogen-bond acceptors (Lipinski definition) is 9. The predicted molar refractivity (Wildman–Crippen MR) is 128 cm³/mol. The van der Waals surface area contributed by atoms with Crippen molar-refractivity contribution >= 4 is 34.3 Å². The summed E-state index contributed by atoms with van der Waals surface area (Å²) in [7, 11) is 0. The van der Waals surface area contributed by atoms with E-state index in [1.54, 1.807) is 25.1 Å². The van der Waals surface area contributed by atoms with Crippen LogP contribution in [0.4, 0.5) is 5.13 Å². The number of nitrogens with zero attached hydrogens (tertiary/aromatic N) is 1. The zero-order chi connectivity index (χ0) is 25.5. The first kappa shape index (κ1) is 25.3. The third-order valence-corrected chi connectivity index (χ3v) is 5.95. The van der Waals surface area contributed by atoms with Gasteiger partial charge in [-0.1, -0.05) is 23.5 Å². The second-order valence-corrected chi connectivity index (χ2v) is 8.59. The average molecular weight is 501 g/mol. The van der Waals surface area contributed by atoms with Crippen LogP contribution in [0.25, 0.3) is 0 Å². The van der Waals surface area contributed by atoms with Crippen LogP contribution < -0.4 is 16.0 Å². The smallest absolute Gasteiger partial charge is 0.328 e. The van der Waals surface area contributed by atoms with Crippen molar-refractivity contribution in [1.82, 2.24) is 15.6 Å². The van der Waals surface area contributed by atoms with Crippen LogP contribution in [-0.2, 0) is 11.2 Å². The number of benzene rings is 2. The monoisotopic (exact) mass is 500 g/mol. The first-order valence-corrected chi connectivity index (χ1v) is 11.3. The topological polar surface area (TPSA) is 181 Å². The molecule has 1 atom stereocenters. The Bertz CT molecular complexity index is 1220. The van der Waals surface area contributed by atoms with E-state index in [1.165, 1.54) is 0 Å². The van der Waals surface area contributed by atoms with E-state index in [9.17, 15) is 34.8 Å². The van der Waals surface area contributed by atoms with Crippen LogP contribution in [0.5, 0.6) is 17.2 Å². The number of nitrogens with one attached hydrogen (secondary N) is 3. The van der Waals surface area contributed by atoms with Gasteiger partial charge in [0.2, 0.25) is 0 Å². The highest BCUT2D eigenvalue weighted by Gasteiger charge is 2.24. The Kier molecular flexibility index (Phi) is 8.10. The molecular weight excluding hydrogens is 476 g/mol. The fraction of sp³-hybridized carbons (Fsp3) is 0.217. The van der Waals surface area contributed by atoms with Crippen LogP contribution in [0, 0.1) is 6.92 Å². The number of carboxylic acids is 1. The minimum absolute atomic E-state index is 0.0716. The molecule has 0 fully saturated rings. The second-order valence-electron chi connectivity index (χ2n) is 7.59. The number of phenols is 3. The maximum absolute atomic E-state index is 12.7. The number of anilines is 1. The molecule has 7 N–H and O–H groups in total. The summed E-state index contributed by atoms with van der Waals surface area (Å²) >= 11 is 1.06. The van der Waals surface area contributed by atoms with Crippen molar-refractivity contribution in [2.75, 3.05) is 18.4 Å². The van der Waals surface area contributed by atoms with Crippen molar-refractivity contribution in [3.05, 3.63) is 64.2 Å². The summed E-state index contributed by atoms with van der Waals surface area (Å²) in [5.41, 5.74) is 1.27. The molecule has 0 spiro atoms. The molecule has 3 aromatic rings. The molecule has 0 saturated carbocycles. The van der Waals surface area contributed by atoms with Gasteiger partial charge in [-0.25, -0.2) is 9.78 Å². The van der Waals surface area contributed by atoms with Gasteiger partial charge in [0.15, 0.2) is 5.13 Å². The van der Waals surface area contributed by atoms with Gasteiger partial charge in [-0.05, 0) is 43.2 Å². The van der Waals surface area contributed by atoms with Gasteiger partial charge >= 0.3 is 5.97 Å². The van der Waals surface area contributed by atoms with Crippen molar-refractivity contribution in [3.8, 4) is 17.2 Å². The highest BCUT2D eigenvalue weighted by atomic mass is 32.1. The minimum Gasteiger partial charge on any atom is -0.508 e. The Balaban J connectivity index is 1.57. The molecule has 35 heavy (non-hydrogen) atoms. The maximum atomic E-state index is 12.7. The van der Waals surface area contributed by atoms with Gasteiger partial charge in [0, 0.05) is 24.7 Å². The standard InChI is InChI=1S/C23H24N4O7S/c1-12-19(35-23(26-12)24-6-5-13-3-2-4-15(28)7-13)21(32)27-18(22(33)34)11-25-20(31)14-8-16(29)10-17(30)9-14/h2-4,7-10,18,28-30H,5-6,11H2,1H3,(H,24,26)(H,25,31)(H,27,32)(H,33,34). The summed E-state index contributed by atoms with van der Waals surface area (Å²) in [5.74, 6) is -3.23. The highest BCUT2D eigenvalue weighted by molar-refractivity contribution is 7.17. The molecule has 2 aromatic carbocycles. The van der Waals surface area contributed by atoms with Gasteiger partial charge in [-0.15, -0.1) is 0 Å². The van der Waals surface area contributed by atoms with Gasteiger partial charge in [-0.2, -0.15) is 0 Å². The molecule has 1 aromatic heterocycles. The molecule has 0 aliphatic carbocycles. The molecular formula is C23H24N4O7S. The quantitative estimate of drug-likeness (QED) is 0.218. The fourth-order valence-electron chi connectivity index (χ4n) is 3.16. The van der Waals surface area contributed by atoms with Gasteiger partial charge in [-0.3, -0.25) is 9.59 Å². The van der Waals surface area contributed by atoms with E-state index in [0.29, 0.717) is 23.8 Å². The number of hydrogen-bond donors (Lipinski definition) is 7. The molecule has 1 unspecified atom stereocenters. The molecule has 3 rings (SSSR count). The van der Waals surface area contributed by atoms with Crippen molar-refractivity contribution in [1.29, 1.82) is 0 Å². The van der Waals surface area contributed by atoms with E-state index in [1.807, 2.05) is 6.07 Å². The number of rotatable bonds is 10. The van der Waals surface area contributed by atoms with E-state index >= 15 is 0 Å². The normalized spacial score (nSPS) is 11.5. The highest BCUT2D eigenvalue weighted by Crippen LogP contribution is 2.23. The van der Waals surface area contributed by atoms with Gasteiger partial charge < -0.3 is 36.4 Å². The zero-order valence-corrected chi connectivity index (χ0v) is 19.4. The predicted octanol–water partition coefficient (Wildman–Crippen LogP) is 1.84. The van der Waals surface area contributed by atoms with E-state index in [2.05, 4.69) is 20.9 Å². The van der Waals surface area contributed by atoms with Crippen LogP contribution in [0.2, 0.25) is 0 Å². The lowest BCUT2D eigenvalue weighted by molar-refractivity contribution is -0.139. The Morgan fingerprint density at radius 1 is 1.00 bits per heavy atom. The number of amides is 2. The zero-order valence-electron chi connectivity index (χ0n) is 18.6. The number of aromatic nitrogens is 1. The lowest BCUT2D eigenvalue weighted by atomic mass is 10.1. The summed E-state index contributed by atoms with van der Waals surface area (Å²) < 4.78 is 0. The molecule has 11 nitrogen and oxygen atoms in total. The van der Waals surface area contributed by atoms with Gasteiger partial charge in [0.05, 0.1) is 5.69 Å². The number of carbonyl (C=O) groups excluding carboxylic acids is 2. The van der Waals surface area contributed by atoms with E-state index < -0.39 is 30.4 Å². The second kappa shape index (κ2) is 11.2. The first-order chi connectivity index (χ1) is 16.6. The van der Waals surface area contributed by atoms with Gasteiger partial charge in [0.1, 0.15) is 28.2 Å². The molecule has 2 amide bonds. The number of aryl methyl sites for hydroxylation is 1. The Hall–Kier alpha value is -4.32. The SMILES string of the molecule is Cc1nc(NCCc2cccc(O)c2)sc1C(=O)NC(CNC(=O)c1cc(O)cc(O)c1)C(=O)O. The minimum atomic E-state index is -1.43. The van der Waals surface area contributed by atoms with Crippen molar-refractivity contribution < 1.29 is 34.8 Å². The number of carboxylic acid groups (broad SMARTS) is 1. The van der Waals surface area contributed by atoms with Crippen LogP contribution in [0.3, 0.4) is 0 Å². The van der Waals surface area contributed by atoms with Crippen LogP contribution >= 0.6 is 11.3 Å². The number of aromatic hydroxyl groups is 3. The fourth-order valence-corrected chi connectivity index (χ4v) is 4.05. The maximum Gasteiger partial charge on any atom is 0.328 e. The number of thiazole rings is 1. The van der Waals surface area contributed by atoms with Crippen molar-refractivity contribution in [3.63, 3.8) is 0 Å². The summed E-state index contributed by atoms with van der Waals surface area (Å²) in [4.78, 5) is 41.1. The summed E-state index contributed by atoms with van der Waals surface area (Å²) in [6, 6.07) is 8.70. The molecule has 0 bridgehead atoms. The summed E-state index contributed by atoms with van der Waals surface area (Å²) in [6.07, 6.45) is 0.617. The van der Waals surface area contributed by atoms with Crippen LogP contribution in [-0.4, -0.2) is 62.3 Å². The molecule has 1 heterocycles. The molecule has 12 heteroatoms. The third-order valence-electron chi connectivity index (χ3n) is 4.84. The van der Waals surface area contributed by atoms with E-state index in [0.717, 1.165) is 35.1 Å². The third kappa shape index (κ3) is 7.08. The number of phenolic OH excluding ortho intramolecular Hbond substituents is 3. The van der Waals surface area contributed by atoms with Crippen molar-refractivity contribution in [2.24, 2.45) is 0 Å². The van der Waals surface area contributed by atoms with Gasteiger partial charge in [0.25, 0.3) is 11.8 Å². The van der Waals surface area contributed by atoms with Crippen LogP contribution in [0.15, 0.2) is 42.5 Å². The largest absolute Gasteiger partial charge is 0.508 e.